The third-order valence-corrected chi connectivity index (χ3v) is 2.97. The number of carbonyl (C=O) groups is 1. The lowest BCUT2D eigenvalue weighted by molar-refractivity contribution is -0.118. The average Bonchev–Trinajstić information content (AvgIpc) is 2.32. The fourth-order valence-electron chi connectivity index (χ4n) is 1.69. The summed E-state index contributed by atoms with van der Waals surface area (Å²) < 4.78 is 0. The first kappa shape index (κ1) is 17.4. The third-order valence-electron chi connectivity index (χ3n) is 2.97. The molecule has 118 valence electrons. The summed E-state index contributed by atoms with van der Waals surface area (Å²) in [6, 6.07) is 1.99. The predicted octanol–water partition coefficient (Wildman–Crippen LogP) is 2.62. The zero-order valence-electron chi connectivity index (χ0n) is 14.3. The Balaban J connectivity index is 2.95. The summed E-state index contributed by atoms with van der Waals surface area (Å²) in [6.45, 7) is 15.5. The summed E-state index contributed by atoms with van der Waals surface area (Å²) in [6.07, 6.45) is 0. The van der Waals surface area contributed by atoms with Gasteiger partial charge in [-0.1, -0.05) is 41.5 Å². The van der Waals surface area contributed by atoms with Gasteiger partial charge >= 0.3 is 0 Å². The number of carbonyl (C=O) groups excluding carboxylic acids is 1. The van der Waals surface area contributed by atoms with Crippen molar-refractivity contribution in [3.05, 3.63) is 17.6 Å². The third kappa shape index (κ3) is 5.69. The van der Waals surface area contributed by atoms with Gasteiger partial charge in [0.25, 0.3) is 0 Å². The zero-order chi connectivity index (χ0) is 16.3. The lowest BCUT2D eigenvalue weighted by Gasteiger charge is -2.24. The second kappa shape index (κ2) is 6.41. The molecule has 0 radical (unpaired) electrons. The summed E-state index contributed by atoms with van der Waals surface area (Å²) in [5.74, 6) is 1.62. The molecule has 0 aliphatic rings. The highest BCUT2D eigenvalue weighted by molar-refractivity contribution is 5.72. The zero-order valence-corrected chi connectivity index (χ0v) is 14.3. The number of aromatic nitrogens is 2. The van der Waals surface area contributed by atoms with Gasteiger partial charge in [-0.15, -0.1) is 0 Å². The van der Waals surface area contributed by atoms with E-state index in [4.69, 9.17) is 4.98 Å². The fraction of sp³-hybridized carbons (Fsp3) is 0.688. The largest absolute Gasteiger partial charge is 0.368 e. The number of anilines is 1. The van der Waals surface area contributed by atoms with Gasteiger partial charge in [-0.2, -0.15) is 0 Å². The summed E-state index contributed by atoms with van der Waals surface area (Å²) >= 11 is 0. The Hall–Kier alpha value is -1.65. The molecule has 1 aromatic heterocycles. The van der Waals surface area contributed by atoms with E-state index in [1.54, 1.807) is 0 Å². The molecule has 0 spiro atoms. The van der Waals surface area contributed by atoms with Gasteiger partial charge in [-0.25, -0.2) is 9.97 Å². The molecule has 0 aromatic carbocycles. The topological polar surface area (TPSA) is 66.9 Å². The van der Waals surface area contributed by atoms with Crippen molar-refractivity contribution in [3.8, 4) is 0 Å². The summed E-state index contributed by atoms with van der Waals surface area (Å²) in [4.78, 5) is 20.2. The van der Waals surface area contributed by atoms with Crippen LogP contribution in [0.3, 0.4) is 0 Å². The molecule has 1 heterocycles. The second-order valence-corrected chi connectivity index (χ2v) is 7.37. The minimum atomic E-state index is -0.102. The lowest BCUT2D eigenvalue weighted by Crippen LogP contribution is -2.27. The minimum absolute atomic E-state index is 0.0229. The Bertz CT molecular complexity index is 466. The summed E-state index contributed by atoms with van der Waals surface area (Å²) in [5.41, 5.74) is 0.885. The number of nitrogens with zero attached hydrogens (tertiary/aromatic N) is 2. The van der Waals surface area contributed by atoms with E-state index in [0.29, 0.717) is 13.1 Å². The van der Waals surface area contributed by atoms with Crippen LogP contribution in [-0.2, 0) is 15.6 Å². The summed E-state index contributed by atoms with van der Waals surface area (Å²) in [5, 5.41) is 6.02. The molecule has 1 aromatic rings. The van der Waals surface area contributed by atoms with E-state index in [1.165, 1.54) is 6.92 Å². The molecule has 0 unspecified atom stereocenters. The quantitative estimate of drug-likeness (QED) is 0.837. The van der Waals surface area contributed by atoms with E-state index in [0.717, 1.165) is 17.3 Å². The Morgan fingerprint density at radius 1 is 1.05 bits per heavy atom. The molecule has 0 aliphatic carbocycles. The van der Waals surface area contributed by atoms with Crippen LogP contribution >= 0.6 is 0 Å². The SMILES string of the molecule is CC(=O)NCCNc1cc(C(C)(C)C)nc(C(C)(C)C)n1. The molecule has 0 aliphatic heterocycles. The van der Waals surface area contributed by atoms with E-state index in [1.807, 2.05) is 6.07 Å². The number of amides is 1. The van der Waals surface area contributed by atoms with E-state index >= 15 is 0 Å². The molecule has 0 bridgehead atoms. The van der Waals surface area contributed by atoms with Crippen molar-refractivity contribution in [1.29, 1.82) is 0 Å². The first-order valence-corrected chi connectivity index (χ1v) is 7.38. The number of rotatable bonds is 4. The smallest absolute Gasteiger partial charge is 0.216 e. The van der Waals surface area contributed by atoms with Crippen LogP contribution in [0.2, 0.25) is 0 Å². The molecule has 0 atom stereocenters. The lowest BCUT2D eigenvalue weighted by atomic mass is 9.90. The first-order valence-electron chi connectivity index (χ1n) is 7.38. The number of hydrogen-bond donors (Lipinski definition) is 2. The van der Waals surface area contributed by atoms with Crippen LogP contribution in [0, 0.1) is 0 Å². The average molecular weight is 292 g/mol. The monoisotopic (exact) mass is 292 g/mol. The van der Waals surface area contributed by atoms with Crippen LogP contribution in [0.15, 0.2) is 6.07 Å². The highest BCUT2D eigenvalue weighted by atomic mass is 16.1. The molecule has 2 N–H and O–H groups in total. The first-order chi connectivity index (χ1) is 9.50. The molecule has 0 saturated carbocycles. The van der Waals surface area contributed by atoms with Crippen molar-refractivity contribution in [1.82, 2.24) is 15.3 Å². The number of nitrogens with one attached hydrogen (secondary N) is 2. The van der Waals surface area contributed by atoms with Crippen LogP contribution in [-0.4, -0.2) is 29.0 Å². The van der Waals surface area contributed by atoms with Gasteiger partial charge in [0.2, 0.25) is 5.91 Å². The van der Waals surface area contributed by atoms with Gasteiger partial charge in [0.05, 0.1) is 5.69 Å². The molecule has 0 fully saturated rings. The molecule has 0 saturated heterocycles. The molecule has 5 nitrogen and oxygen atoms in total. The highest BCUT2D eigenvalue weighted by Crippen LogP contribution is 2.26. The molecular weight excluding hydrogens is 264 g/mol. The van der Waals surface area contributed by atoms with Crippen molar-refractivity contribution in [2.24, 2.45) is 0 Å². The molecule has 5 heteroatoms. The standard InChI is InChI=1S/C16H28N4O/c1-11(21)17-8-9-18-13-10-12(15(2,3)4)19-14(20-13)16(5,6)7/h10H,8-9H2,1-7H3,(H,17,21)(H,18,19,20). The van der Waals surface area contributed by atoms with Gasteiger partial charge in [-0.3, -0.25) is 4.79 Å². The van der Waals surface area contributed by atoms with Crippen molar-refractivity contribution < 1.29 is 4.79 Å². The predicted molar refractivity (Wildman–Crippen MR) is 86.6 cm³/mol. The van der Waals surface area contributed by atoms with Crippen LogP contribution in [0.25, 0.3) is 0 Å². The van der Waals surface area contributed by atoms with Crippen molar-refractivity contribution in [3.63, 3.8) is 0 Å². The minimum Gasteiger partial charge on any atom is -0.368 e. The Labute approximate surface area is 128 Å². The van der Waals surface area contributed by atoms with Crippen molar-refractivity contribution in [2.75, 3.05) is 18.4 Å². The molecule has 1 amide bonds. The normalized spacial score (nSPS) is 12.1. The molecular formula is C16H28N4O. The Morgan fingerprint density at radius 3 is 2.14 bits per heavy atom. The van der Waals surface area contributed by atoms with Crippen molar-refractivity contribution in [2.45, 2.75) is 59.3 Å². The van der Waals surface area contributed by atoms with Crippen LogP contribution in [0.4, 0.5) is 5.82 Å². The maximum absolute atomic E-state index is 10.9. The van der Waals surface area contributed by atoms with Gasteiger partial charge in [0.1, 0.15) is 11.6 Å². The second-order valence-electron chi connectivity index (χ2n) is 7.37. The van der Waals surface area contributed by atoms with Crippen LogP contribution in [0.5, 0.6) is 0 Å². The van der Waals surface area contributed by atoms with E-state index < -0.39 is 0 Å². The Kier molecular flexibility index (Phi) is 5.31. The maximum Gasteiger partial charge on any atom is 0.216 e. The maximum atomic E-state index is 10.9. The molecule has 1 rings (SSSR count). The van der Waals surface area contributed by atoms with Crippen molar-refractivity contribution >= 4 is 11.7 Å². The van der Waals surface area contributed by atoms with E-state index in [2.05, 4.69) is 57.2 Å². The van der Waals surface area contributed by atoms with Crippen LogP contribution in [0.1, 0.15) is 60.0 Å². The van der Waals surface area contributed by atoms with Gasteiger partial charge in [-0.05, 0) is 0 Å². The Morgan fingerprint density at radius 2 is 1.67 bits per heavy atom. The molecule has 21 heavy (non-hydrogen) atoms. The van der Waals surface area contributed by atoms with E-state index in [-0.39, 0.29) is 16.7 Å². The van der Waals surface area contributed by atoms with E-state index in [9.17, 15) is 4.79 Å². The van der Waals surface area contributed by atoms with Gasteiger partial charge in [0, 0.05) is 36.9 Å². The number of hydrogen-bond acceptors (Lipinski definition) is 4. The van der Waals surface area contributed by atoms with Crippen LogP contribution < -0.4 is 10.6 Å². The summed E-state index contributed by atoms with van der Waals surface area (Å²) in [7, 11) is 0. The van der Waals surface area contributed by atoms with Gasteiger partial charge in [0.15, 0.2) is 0 Å². The fourth-order valence-corrected chi connectivity index (χ4v) is 1.69. The highest BCUT2D eigenvalue weighted by Gasteiger charge is 2.23. The van der Waals surface area contributed by atoms with Gasteiger partial charge < -0.3 is 10.6 Å².